The second-order valence-corrected chi connectivity index (χ2v) is 10.4. The Morgan fingerprint density at radius 3 is 1.47 bits per heavy atom. The van der Waals surface area contributed by atoms with Crippen LogP contribution in [0.15, 0.2) is 30.3 Å². The van der Waals surface area contributed by atoms with Gasteiger partial charge < -0.3 is 0 Å². The number of hydrogen-bond donors (Lipinski definition) is 0. The summed E-state index contributed by atoms with van der Waals surface area (Å²) in [6.07, 6.45) is 0. The first kappa shape index (κ1) is 12.7. The molecule has 0 aromatic heterocycles. The second-order valence-electron chi connectivity index (χ2n) is 2.88. The van der Waals surface area contributed by atoms with E-state index in [1.807, 2.05) is 30.3 Å². The van der Waals surface area contributed by atoms with Crippen molar-refractivity contribution in [2.24, 2.45) is 0 Å². The third-order valence-electron chi connectivity index (χ3n) is 2.44. The summed E-state index contributed by atoms with van der Waals surface area (Å²) < 4.78 is 22.7. The third-order valence-corrected chi connectivity index (χ3v) is 10.1. The summed E-state index contributed by atoms with van der Waals surface area (Å²) in [5.41, 5.74) is 0. The number of hydrogen-bond acceptors (Lipinski definition) is 4. The van der Waals surface area contributed by atoms with Crippen LogP contribution < -0.4 is 4.35 Å². The van der Waals surface area contributed by atoms with Gasteiger partial charge in [0.1, 0.15) is 0 Å². The third kappa shape index (κ3) is 1.84. The minimum atomic E-state index is -4.19. The molecule has 4 nitrogen and oxygen atoms in total. The van der Waals surface area contributed by atoms with Crippen LogP contribution in [-0.4, -0.2) is 42.3 Å². The Balaban J connectivity index is 3.34. The van der Waals surface area contributed by atoms with Gasteiger partial charge >= 0.3 is 91.8 Å². The zero-order valence-corrected chi connectivity index (χ0v) is 11.3. The van der Waals surface area contributed by atoms with Gasteiger partial charge in [0.15, 0.2) is 0 Å². The van der Waals surface area contributed by atoms with Gasteiger partial charge in [0.2, 0.25) is 0 Å². The molecule has 0 aliphatic heterocycles. The molecule has 1 rings (SSSR count). The van der Waals surface area contributed by atoms with E-state index in [0.717, 1.165) is 4.35 Å². The van der Waals surface area contributed by atoms with Crippen molar-refractivity contribution in [2.45, 2.75) is 0 Å². The van der Waals surface area contributed by atoms with Crippen molar-refractivity contribution in [3.8, 4) is 0 Å². The molecule has 0 heterocycles. The minimum absolute atomic E-state index is 0.811. The average Bonchev–Trinajstić information content (AvgIpc) is 2.35. The Kier molecular flexibility index (Phi) is 3.92. The molecule has 0 saturated carbocycles. The topological polar surface area (TPSA) is 36.9 Å². The van der Waals surface area contributed by atoms with Gasteiger partial charge in [0.05, 0.1) is 0 Å². The summed E-state index contributed by atoms with van der Waals surface area (Å²) in [6, 6.07) is 9.47. The van der Waals surface area contributed by atoms with Crippen LogP contribution in [0.4, 0.5) is 0 Å². The van der Waals surface area contributed by atoms with Crippen molar-refractivity contribution in [1.82, 2.24) is 0 Å². The van der Waals surface area contributed by atoms with Gasteiger partial charge in [-0.3, -0.25) is 0 Å². The van der Waals surface area contributed by atoms with Crippen LogP contribution in [0.2, 0.25) is 0 Å². The molecule has 0 spiro atoms. The van der Waals surface area contributed by atoms with Gasteiger partial charge in [-0.05, 0) is 0 Å². The van der Waals surface area contributed by atoms with Gasteiger partial charge in [-0.15, -0.1) is 0 Å². The van der Waals surface area contributed by atoms with E-state index in [2.05, 4.69) is 0 Å². The van der Waals surface area contributed by atoms with Gasteiger partial charge in [-0.25, -0.2) is 0 Å². The summed E-state index contributed by atoms with van der Waals surface area (Å²) in [7, 11) is 6.15. The van der Waals surface area contributed by atoms with E-state index in [-0.39, 0.29) is 0 Å². The number of benzene rings is 1. The Morgan fingerprint density at radius 1 is 0.733 bits per heavy atom. The summed E-state index contributed by atoms with van der Waals surface area (Å²) in [4.78, 5) is 0. The van der Waals surface area contributed by atoms with E-state index >= 15 is 0 Å². The van der Waals surface area contributed by atoms with Crippen LogP contribution in [0, 0.1) is 0 Å². The molecule has 1 aromatic rings. The van der Waals surface area contributed by atoms with Gasteiger partial charge in [-0.1, -0.05) is 0 Å². The number of rotatable bonds is 5. The predicted molar refractivity (Wildman–Crippen MR) is 59.9 cm³/mol. The maximum absolute atomic E-state index is 5.47. The molecule has 0 atom stereocenters. The van der Waals surface area contributed by atoms with Gasteiger partial charge in [0, 0.05) is 0 Å². The molecule has 0 aliphatic carbocycles. The summed E-state index contributed by atoms with van der Waals surface area (Å²) in [5, 5.41) is 0. The molecule has 0 amide bonds. The van der Waals surface area contributed by atoms with Gasteiger partial charge in [-0.2, -0.15) is 0 Å². The van der Waals surface area contributed by atoms with E-state index in [4.69, 9.17) is 14.9 Å². The van der Waals surface area contributed by atoms with E-state index in [0.29, 0.717) is 0 Å². The molecular formula is C10H17AsO4. The van der Waals surface area contributed by atoms with E-state index in [9.17, 15) is 0 Å². The van der Waals surface area contributed by atoms with Crippen LogP contribution in [0.5, 0.6) is 0 Å². The fourth-order valence-corrected chi connectivity index (χ4v) is 6.57. The first-order valence-electron chi connectivity index (χ1n) is 4.50. The van der Waals surface area contributed by atoms with Crippen molar-refractivity contribution < 1.29 is 14.9 Å². The van der Waals surface area contributed by atoms with Crippen molar-refractivity contribution in [3.63, 3.8) is 0 Å². The predicted octanol–water partition coefficient (Wildman–Crippen LogP) is 0.869. The first-order chi connectivity index (χ1) is 7.17. The van der Waals surface area contributed by atoms with Crippen molar-refractivity contribution >= 4 is 18.2 Å². The summed E-state index contributed by atoms with van der Waals surface area (Å²) in [5.74, 6) is 0. The molecule has 15 heavy (non-hydrogen) atoms. The fourth-order valence-electron chi connectivity index (χ4n) is 1.54. The first-order valence-corrected chi connectivity index (χ1v) is 8.50. The maximum atomic E-state index is 5.47. The van der Waals surface area contributed by atoms with Crippen LogP contribution in [0.1, 0.15) is 0 Å². The van der Waals surface area contributed by atoms with Crippen LogP contribution in [0.3, 0.4) is 0 Å². The fraction of sp³-hybridized carbons (Fsp3) is 0.400. The second kappa shape index (κ2) is 4.64. The van der Waals surface area contributed by atoms with Crippen molar-refractivity contribution in [1.29, 1.82) is 0 Å². The Hall–Kier alpha value is -0.382. The normalized spacial score (nSPS) is 14.5. The SMILES string of the molecule is CO[As](OC)(OC)(OC)c1ccccc1. The molecule has 0 unspecified atom stereocenters. The van der Waals surface area contributed by atoms with Gasteiger partial charge in [0.25, 0.3) is 0 Å². The molecular weight excluding hydrogens is 259 g/mol. The van der Waals surface area contributed by atoms with Crippen molar-refractivity contribution in [3.05, 3.63) is 30.3 Å². The molecule has 0 bridgehead atoms. The van der Waals surface area contributed by atoms with Crippen molar-refractivity contribution in [2.75, 3.05) is 28.4 Å². The molecule has 0 N–H and O–H groups in total. The van der Waals surface area contributed by atoms with Crippen LogP contribution >= 0.6 is 0 Å². The summed E-state index contributed by atoms with van der Waals surface area (Å²) >= 11 is -4.19. The zero-order chi connectivity index (χ0) is 11.4. The van der Waals surface area contributed by atoms with E-state index in [1.54, 1.807) is 0 Å². The molecule has 0 fully saturated rings. The Bertz CT molecular complexity index is 287. The zero-order valence-electron chi connectivity index (χ0n) is 9.47. The monoisotopic (exact) mass is 276 g/mol. The van der Waals surface area contributed by atoms with E-state index in [1.165, 1.54) is 28.4 Å². The quantitative estimate of drug-likeness (QED) is 0.748. The van der Waals surface area contributed by atoms with Crippen LogP contribution in [0.25, 0.3) is 0 Å². The molecule has 0 aliphatic rings. The molecule has 86 valence electrons. The Labute approximate surface area is 92.2 Å². The molecule has 5 heteroatoms. The molecule has 0 radical (unpaired) electrons. The summed E-state index contributed by atoms with van der Waals surface area (Å²) in [6.45, 7) is 0. The Morgan fingerprint density at radius 2 is 1.13 bits per heavy atom. The molecule has 0 saturated heterocycles. The molecule has 1 aromatic carbocycles. The van der Waals surface area contributed by atoms with E-state index < -0.39 is 13.8 Å². The van der Waals surface area contributed by atoms with Crippen LogP contribution in [-0.2, 0) is 14.9 Å². The standard InChI is InChI=1S/C10H17AsO4/c1-12-11(13-2,14-3,15-4)10-8-6-5-7-9-10/h5-9H,1-4H3. The average molecular weight is 276 g/mol.